The van der Waals surface area contributed by atoms with Crippen molar-refractivity contribution in [3.63, 3.8) is 0 Å². The summed E-state index contributed by atoms with van der Waals surface area (Å²) in [5, 5.41) is 13.3. The lowest BCUT2D eigenvalue weighted by atomic mass is 10.1. The number of hydrogen-bond donors (Lipinski definition) is 1. The lowest BCUT2D eigenvalue weighted by molar-refractivity contribution is -0.387. The molecule has 0 spiro atoms. The van der Waals surface area contributed by atoms with Gasteiger partial charge in [0.25, 0.3) is 5.91 Å². The fraction of sp³-hybridized carbons (Fsp3) is 0.462. The first-order chi connectivity index (χ1) is 9.52. The number of benzene rings is 1. The van der Waals surface area contributed by atoms with E-state index < -0.39 is 22.3 Å². The Morgan fingerprint density at radius 3 is 2.85 bits per heavy atom. The number of methoxy groups -OCH3 is 1. The first-order valence-corrected chi connectivity index (χ1v) is 6.30. The average molecular weight is 282 g/mol. The minimum Gasteiger partial charge on any atom is -0.379 e. The highest BCUT2D eigenvalue weighted by Crippen LogP contribution is 2.22. The standard InChI is InChI=1S/C13H15FN2O4/c1-20-12-4-2-3-10(12)15-13(17)8-5-6-11(16(18)19)9(14)7-8/h5-7,10,12H,2-4H2,1H3,(H,15,17). The summed E-state index contributed by atoms with van der Waals surface area (Å²) in [7, 11) is 1.58. The summed E-state index contributed by atoms with van der Waals surface area (Å²) in [5.74, 6) is -1.47. The Morgan fingerprint density at radius 1 is 1.50 bits per heavy atom. The van der Waals surface area contributed by atoms with E-state index in [9.17, 15) is 19.3 Å². The van der Waals surface area contributed by atoms with Crippen molar-refractivity contribution in [2.24, 2.45) is 0 Å². The normalized spacial score (nSPS) is 21.7. The third-order valence-electron chi connectivity index (χ3n) is 3.48. The number of nitrogens with zero attached hydrogens (tertiary/aromatic N) is 1. The molecule has 0 aliphatic heterocycles. The largest absolute Gasteiger partial charge is 0.379 e. The van der Waals surface area contributed by atoms with Crippen molar-refractivity contribution in [3.8, 4) is 0 Å². The van der Waals surface area contributed by atoms with Crippen molar-refractivity contribution >= 4 is 11.6 Å². The molecule has 0 saturated heterocycles. The number of carbonyl (C=O) groups excluding carboxylic acids is 1. The Bertz CT molecular complexity index is 535. The van der Waals surface area contributed by atoms with Gasteiger partial charge in [-0.15, -0.1) is 0 Å². The summed E-state index contributed by atoms with van der Waals surface area (Å²) in [6.45, 7) is 0. The van der Waals surface area contributed by atoms with E-state index in [1.165, 1.54) is 6.07 Å². The molecule has 2 atom stereocenters. The van der Waals surface area contributed by atoms with Crippen LogP contribution in [0.2, 0.25) is 0 Å². The zero-order valence-corrected chi connectivity index (χ0v) is 11.0. The van der Waals surface area contributed by atoms with Crippen molar-refractivity contribution < 1.29 is 18.8 Å². The minimum atomic E-state index is -1.02. The lowest BCUT2D eigenvalue weighted by Crippen LogP contribution is -2.40. The molecule has 0 radical (unpaired) electrons. The SMILES string of the molecule is COC1CCCC1NC(=O)c1ccc([N+](=O)[O-])c(F)c1. The molecular weight excluding hydrogens is 267 g/mol. The molecule has 0 heterocycles. The van der Waals surface area contributed by atoms with Gasteiger partial charge in [0.1, 0.15) is 0 Å². The molecule has 108 valence electrons. The van der Waals surface area contributed by atoms with Gasteiger partial charge in [0.2, 0.25) is 5.82 Å². The summed E-state index contributed by atoms with van der Waals surface area (Å²) in [5.41, 5.74) is -0.577. The lowest BCUT2D eigenvalue weighted by Gasteiger charge is -2.19. The number of hydrogen-bond acceptors (Lipinski definition) is 4. The number of halogens is 1. The van der Waals surface area contributed by atoms with Gasteiger partial charge < -0.3 is 10.1 Å². The zero-order chi connectivity index (χ0) is 14.7. The smallest absolute Gasteiger partial charge is 0.304 e. The minimum absolute atomic E-state index is 0.0400. The van der Waals surface area contributed by atoms with Gasteiger partial charge in [-0.2, -0.15) is 4.39 Å². The third kappa shape index (κ3) is 2.93. The monoisotopic (exact) mass is 282 g/mol. The van der Waals surface area contributed by atoms with Crippen LogP contribution in [0.3, 0.4) is 0 Å². The van der Waals surface area contributed by atoms with Gasteiger partial charge in [-0.25, -0.2) is 0 Å². The van der Waals surface area contributed by atoms with E-state index in [0.717, 1.165) is 31.4 Å². The number of carbonyl (C=O) groups is 1. The fourth-order valence-corrected chi connectivity index (χ4v) is 2.42. The van der Waals surface area contributed by atoms with E-state index in [-0.39, 0.29) is 17.7 Å². The van der Waals surface area contributed by atoms with E-state index in [2.05, 4.69) is 5.32 Å². The van der Waals surface area contributed by atoms with Gasteiger partial charge in [0.05, 0.1) is 17.1 Å². The predicted octanol–water partition coefficient (Wildman–Crippen LogP) is 2.03. The van der Waals surface area contributed by atoms with Crippen LogP contribution in [0.4, 0.5) is 10.1 Å². The molecule has 7 heteroatoms. The molecule has 2 unspecified atom stereocenters. The first-order valence-electron chi connectivity index (χ1n) is 6.30. The summed E-state index contributed by atoms with van der Waals surface area (Å²) in [4.78, 5) is 21.7. The summed E-state index contributed by atoms with van der Waals surface area (Å²) in [6, 6.07) is 3.01. The van der Waals surface area contributed by atoms with Crippen LogP contribution in [0.5, 0.6) is 0 Å². The average Bonchev–Trinajstić information content (AvgIpc) is 2.85. The van der Waals surface area contributed by atoms with Crippen LogP contribution in [-0.4, -0.2) is 30.1 Å². The molecule has 1 N–H and O–H groups in total. The van der Waals surface area contributed by atoms with Crippen molar-refractivity contribution in [2.45, 2.75) is 31.4 Å². The van der Waals surface area contributed by atoms with Crippen LogP contribution in [0.25, 0.3) is 0 Å². The second-order valence-corrected chi connectivity index (χ2v) is 4.71. The zero-order valence-electron chi connectivity index (χ0n) is 11.0. The van der Waals surface area contributed by atoms with Gasteiger partial charge in [-0.3, -0.25) is 14.9 Å². The number of rotatable bonds is 4. The molecule has 20 heavy (non-hydrogen) atoms. The van der Waals surface area contributed by atoms with Crippen molar-refractivity contribution in [1.29, 1.82) is 0 Å². The van der Waals surface area contributed by atoms with Gasteiger partial charge in [-0.1, -0.05) is 0 Å². The quantitative estimate of drug-likeness (QED) is 0.676. The predicted molar refractivity (Wildman–Crippen MR) is 69.0 cm³/mol. The van der Waals surface area contributed by atoms with E-state index >= 15 is 0 Å². The number of nitro groups is 1. The van der Waals surface area contributed by atoms with Crippen LogP contribution in [0.15, 0.2) is 18.2 Å². The Balaban J connectivity index is 2.10. The maximum absolute atomic E-state index is 13.5. The Kier molecular flexibility index (Phi) is 4.29. The molecule has 1 saturated carbocycles. The topological polar surface area (TPSA) is 81.5 Å². The highest BCUT2D eigenvalue weighted by atomic mass is 19.1. The van der Waals surface area contributed by atoms with Crippen molar-refractivity contribution in [3.05, 3.63) is 39.7 Å². The molecule has 1 amide bonds. The second-order valence-electron chi connectivity index (χ2n) is 4.71. The van der Waals surface area contributed by atoms with Crippen molar-refractivity contribution in [1.82, 2.24) is 5.32 Å². The Morgan fingerprint density at radius 2 is 2.25 bits per heavy atom. The number of ether oxygens (including phenoxy) is 1. The van der Waals surface area contributed by atoms with Gasteiger partial charge in [0.15, 0.2) is 0 Å². The van der Waals surface area contributed by atoms with E-state index in [1.807, 2.05) is 0 Å². The molecule has 6 nitrogen and oxygen atoms in total. The van der Waals surface area contributed by atoms with E-state index in [0.29, 0.717) is 0 Å². The Labute approximate surface area is 115 Å². The summed E-state index contributed by atoms with van der Waals surface area (Å²) < 4.78 is 18.7. The van der Waals surface area contributed by atoms with Gasteiger partial charge in [0, 0.05) is 18.7 Å². The van der Waals surface area contributed by atoms with Crippen LogP contribution < -0.4 is 5.32 Å². The molecule has 1 fully saturated rings. The first kappa shape index (κ1) is 14.4. The number of nitrogens with one attached hydrogen (secondary N) is 1. The number of amides is 1. The van der Waals surface area contributed by atoms with Crippen LogP contribution in [0.1, 0.15) is 29.6 Å². The van der Waals surface area contributed by atoms with Crippen molar-refractivity contribution in [2.75, 3.05) is 7.11 Å². The summed E-state index contributed by atoms with van der Waals surface area (Å²) >= 11 is 0. The number of nitro benzene ring substituents is 1. The molecular formula is C13H15FN2O4. The van der Waals surface area contributed by atoms with Gasteiger partial charge >= 0.3 is 5.69 Å². The molecule has 2 rings (SSSR count). The third-order valence-corrected chi connectivity index (χ3v) is 3.48. The van der Waals surface area contributed by atoms with E-state index in [1.54, 1.807) is 7.11 Å². The molecule has 0 bridgehead atoms. The molecule has 1 aromatic carbocycles. The van der Waals surface area contributed by atoms with Crippen LogP contribution in [-0.2, 0) is 4.74 Å². The highest BCUT2D eigenvalue weighted by molar-refractivity contribution is 5.94. The molecule has 1 aromatic rings. The molecule has 1 aliphatic rings. The molecule has 1 aliphatic carbocycles. The van der Waals surface area contributed by atoms with Crippen LogP contribution in [0, 0.1) is 15.9 Å². The van der Waals surface area contributed by atoms with Gasteiger partial charge in [-0.05, 0) is 31.4 Å². The van der Waals surface area contributed by atoms with E-state index in [4.69, 9.17) is 4.74 Å². The summed E-state index contributed by atoms with van der Waals surface area (Å²) in [6.07, 6.45) is 2.59. The maximum atomic E-state index is 13.5. The maximum Gasteiger partial charge on any atom is 0.304 e. The fourth-order valence-electron chi connectivity index (χ4n) is 2.42. The Hall–Kier alpha value is -2.02. The van der Waals surface area contributed by atoms with Crippen LogP contribution >= 0.6 is 0 Å². The second kappa shape index (κ2) is 5.96. The highest BCUT2D eigenvalue weighted by Gasteiger charge is 2.29. The molecule has 0 aromatic heterocycles.